The zero-order valence-electron chi connectivity index (χ0n) is 15.0. The molecule has 1 rings (SSSR count). The molecule has 0 saturated heterocycles. The summed E-state index contributed by atoms with van der Waals surface area (Å²) in [6, 6.07) is 5.58. The lowest BCUT2D eigenvalue weighted by atomic mass is 9.90. The monoisotopic (exact) mass is 387 g/mol. The van der Waals surface area contributed by atoms with E-state index in [1.165, 1.54) is 0 Å². The molecule has 0 spiro atoms. The molecule has 23 heavy (non-hydrogen) atoms. The number of aliphatic hydroxyl groups is 1. The number of ether oxygens (including phenoxy) is 2. The van der Waals surface area contributed by atoms with Gasteiger partial charge < -0.3 is 14.6 Å². The zero-order valence-corrected chi connectivity index (χ0v) is 16.6. The van der Waals surface area contributed by atoms with Crippen molar-refractivity contribution in [1.82, 2.24) is 5.32 Å². The molecule has 0 aromatic heterocycles. The largest absolute Gasteiger partial charge is 0.495 e. The second-order valence-corrected chi connectivity index (χ2v) is 7.63. The highest BCUT2D eigenvalue weighted by atomic mass is 79.9. The molecule has 0 bridgehead atoms. The summed E-state index contributed by atoms with van der Waals surface area (Å²) in [5.41, 5.74) is -0.740. The molecule has 5 heteroatoms. The third kappa shape index (κ3) is 5.66. The second-order valence-electron chi connectivity index (χ2n) is 6.78. The van der Waals surface area contributed by atoms with Gasteiger partial charge in [-0.05, 0) is 59.8 Å². The fourth-order valence-electron chi connectivity index (χ4n) is 2.16. The van der Waals surface area contributed by atoms with Crippen molar-refractivity contribution in [2.75, 3.05) is 13.7 Å². The lowest BCUT2D eigenvalue weighted by Crippen LogP contribution is -2.56. The van der Waals surface area contributed by atoms with Crippen molar-refractivity contribution in [3.05, 3.63) is 22.7 Å². The minimum Gasteiger partial charge on any atom is -0.495 e. The van der Waals surface area contributed by atoms with Crippen molar-refractivity contribution >= 4 is 15.9 Å². The van der Waals surface area contributed by atoms with E-state index < -0.39 is 11.8 Å². The SMILES string of the molecule is COc1cc(OC(C)(C(C)C)C(O)NCCC(C)C)ccc1Br. The first-order chi connectivity index (χ1) is 10.7. The maximum absolute atomic E-state index is 10.6. The number of aliphatic hydroxyl groups excluding tert-OH is 1. The first-order valence-electron chi connectivity index (χ1n) is 8.14. The molecule has 0 radical (unpaired) electrons. The molecule has 0 fully saturated rings. The normalized spacial score (nSPS) is 15.6. The van der Waals surface area contributed by atoms with Crippen molar-refractivity contribution < 1.29 is 14.6 Å². The summed E-state index contributed by atoms with van der Waals surface area (Å²) in [4.78, 5) is 0. The molecule has 0 aliphatic carbocycles. The number of benzene rings is 1. The Hall–Kier alpha value is -0.780. The van der Waals surface area contributed by atoms with E-state index in [-0.39, 0.29) is 5.92 Å². The summed E-state index contributed by atoms with van der Waals surface area (Å²) in [5.74, 6) is 2.09. The van der Waals surface area contributed by atoms with Crippen LogP contribution in [0, 0.1) is 11.8 Å². The standard InChI is InChI=1S/C18H30BrNO3/c1-12(2)9-10-20-17(21)18(5,13(3)4)23-14-7-8-15(19)16(11-14)22-6/h7-8,11-13,17,20-21H,9-10H2,1-6H3. The van der Waals surface area contributed by atoms with Crippen molar-refractivity contribution in [2.24, 2.45) is 11.8 Å². The van der Waals surface area contributed by atoms with Gasteiger partial charge in [-0.3, -0.25) is 5.32 Å². The Labute approximate surface area is 148 Å². The van der Waals surface area contributed by atoms with Crippen LogP contribution in [-0.2, 0) is 0 Å². The topological polar surface area (TPSA) is 50.7 Å². The highest BCUT2D eigenvalue weighted by Gasteiger charge is 2.38. The summed E-state index contributed by atoms with van der Waals surface area (Å²) in [7, 11) is 1.62. The Kier molecular flexibility index (Phi) is 7.84. The Bertz CT molecular complexity index is 493. The molecule has 0 amide bonds. The van der Waals surface area contributed by atoms with Gasteiger partial charge in [0.15, 0.2) is 0 Å². The molecule has 0 aliphatic rings. The van der Waals surface area contributed by atoms with Gasteiger partial charge in [0.05, 0.1) is 11.6 Å². The number of hydrogen-bond donors (Lipinski definition) is 2. The first-order valence-corrected chi connectivity index (χ1v) is 8.94. The number of methoxy groups -OCH3 is 1. The Morgan fingerprint density at radius 1 is 1.26 bits per heavy atom. The minimum atomic E-state index is -0.754. The van der Waals surface area contributed by atoms with E-state index in [0.717, 1.165) is 17.4 Å². The summed E-state index contributed by atoms with van der Waals surface area (Å²) in [6.07, 6.45) is 0.257. The Morgan fingerprint density at radius 3 is 2.43 bits per heavy atom. The van der Waals surface area contributed by atoms with E-state index in [2.05, 4.69) is 35.1 Å². The van der Waals surface area contributed by atoms with E-state index in [9.17, 15) is 5.11 Å². The van der Waals surface area contributed by atoms with Crippen LogP contribution in [0.2, 0.25) is 0 Å². The molecule has 2 N–H and O–H groups in total. The number of hydrogen-bond acceptors (Lipinski definition) is 4. The van der Waals surface area contributed by atoms with Crippen LogP contribution in [-0.4, -0.2) is 30.6 Å². The van der Waals surface area contributed by atoms with Crippen LogP contribution >= 0.6 is 15.9 Å². The van der Waals surface area contributed by atoms with Gasteiger partial charge >= 0.3 is 0 Å². The van der Waals surface area contributed by atoms with E-state index in [4.69, 9.17) is 9.47 Å². The third-order valence-electron chi connectivity index (χ3n) is 4.21. The van der Waals surface area contributed by atoms with Crippen LogP contribution in [0.25, 0.3) is 0 Å². The van der Waals surface area contributed by atoms with Gasteiger partial charge in [0.2, 0.25) is 0 Å². The average molecular weight is 388 g/mol. The smallest absolute Gasteiger partial charge is 0.147 e. The number of halogens is 1. The molecule has 0 saturated carbocycles. The van der Waals surface area contributed by atoms with Crippen molar-refractivity contribution in [2.45, 2.75) is 52.9 Å². The molecular formula is C18H30BrNO3. The fourth-order valence-corrected chi connectivity index (χ4v) is 2.57. The van der Waals surface area contributed by atoms with Crippen LogP contribution in [0.15, 0.2) is 22.7 Å². The lowest BCUT2D eigenvalue weighted by Gasteiger charge is -2.39. The predicted octanol–water partition coefficient (Wildman–Crippen LogP) is 4.21. The second kappa shape index (κ2) is 8.90. The van der Waals surface area contributed by atoms with E-state index in [1.807, 2.05) is 39.0 Å². The van der Waals surface area contributed by atoms with Gasteiger partial charge in [-0.1, -0.05) is 27.7 Å². The van der Waals surface area contributed by atoms with E-state index in [1.54, 1.807) is 7.11 Å². The van der Waals surface area contributed by atoms with Crippen LogP contribution in [0.5, 0.6) is 11.5 Å². The van der Waals surface area contributed by atoms with Gasteiger partial charge in [-0.25, -0.2) is 0 Å². The number of rotatable bonds is 9. The molecule has 2 unspecified atom stereocenters. The lowest BCUT2D eigenvalue weighted by molar-refractivity contribution is -0.0874. The molecule has 0 aliphatic heterocycles. The summed E-state index contributed by atoms with van der Waals surface area (Å²) in [6.45, 7) is 11.1. The molecule has 1 aromatic carbocycles. The Balaban J connectivity index is 2.87. The van der Waals surface area contributed by atoms with Crippen LogP contribution in [0.1, 0.15) is 41.0 Å². The summed E-state index contributed by atoms with van der Waals surface area (Å²) < 4.78 is 12.3. The molecule has 2 atom stereocenters. The number of nitrogens with one attached hydrogen (secondary N) is 1. The Morgan fingerprint density at radius 2 is 1.91 bits per heavy atom. The van der Waals surface area contributed by atoms with Gasteiger partial charge in [0, 0.05) is 6.07 Å². The average Bonchev–Trinajstić information content (AvgIpc) is 2.48. The third-order valence-corrected chi connectivity index (χ3v) is 4.86. The summed E-state index contributed by atoms with van der Waals surface area (Å²) in [5, 5.41) is 13.8. The summed E-state index contributed by atoms with van der Waals surface area (Å²) >= 11 is 3.43. The maximum atomic E-state index is 10.6. The molecular weight excluding hydrogens is 358 g/mol. The van der Waals surface area contributed by atoms with E-state index in [0.29, 0.717) is 17.4 Å². The minimum absolute atomic E-state index is 0.124. The maximum Gasteiger partial charge on any atom is 0.147 e. The quantitative estimate of drug-likeness (QED) is 0.623. The predicted molar refractivity (Wildman–Crippen MR) is 98.0 cm³/mol. The van der Waals surface area contributed by atoms with Gasteiger partial charge in [-0.15, -0.1) is 0 Å². The van der Waals surface area contributed by atoms with Gasteiger partial charge in [-0.2, -0.15) is 0 Å². The fraction of sp³-hybridized carbons (Fsp3) is 0.667. The molecule has 1 aromatic rings. The molecule has 132 valence electrons. The molecule has 4 nitrogen and oxygen atoms in total. The van der Waals surface area contributed by atoms with Crippen molar-refractivity contribution in [3.63, 3.8) is 0 Å². The van der Waals surface area contributed by atoms with Gasteiger partial charge in [0.1, 0.15) is 23.3 Å². The van der Waals surface area contributed by atoms with Crippen LogP contribution in [0.3, 0.4) is 0 Å². The van der Waals surface area contributed by atoms with Crippen LogP contribution < -0.4 is 14.8 Å². The highest BCUT2D eigenvalue weighted by Crippen LogP contribution is 2.33. The highest BCUT2D eigenvalue weighted by molar-refractivity contribution is 9.10. The van der Waals surface area contributed by atoms with Gasteiger partial charge in [0.25, 0.3) is 0 Å². The zero-order chi connectivity index (χ0) is 17.6. The molecule has 0 heterocycles. The van der Waals surface area contributed by atoms with E-state index >= 15 is 0 Å². The van der Waals surface area contributed by atoms with Crippen LogP contribution in [0.4, 0.5) is 0 Å². The van der Waals surface area contributed by atoms with Crippen molar-refractivity contribution in [1.29, 1.82) is 0 Å². The van der Waals surface area contributed by atoms with Crippen molar-refractivity contribution in [3.8, 4) is 11.5 Å². The first kappa shape index (κ1) is 20.3.